The van der Waals surface area contributed by atoms with Gasteiger partial charge in [-0.15, -0.1) is 10.2 Å². The van der Waals surface area contributed by atoms with Gasteiger partial charge in [-0.2, -0.15) is 0 Å². The van der Waals surface area contributed by atoms with Crippen molar-refractivity contribution >= 4 is 17.5 Å². The molecule has 1 fully saturated rings. The molecule has 1 aliphatic rings. The van der Waals surface area contributed by atoms with E-state index < -0.39 is 5.92 Å². The molecule has 1 saturated heterocycles. The molecule has 138 valence electrons. The summed E-state index contributed by atoms with van der Waals surface area (Å²) >= 11 is 0. The first-order valence-corrected chi connectivity index (χ1v) is 8.59. The van der Waals surface area contributed by atoms with E-state index in [2.05, 4.69) is 10.2 Å². The lowest BCUT2D eigenvalue weighted by atomic mass is 10.1. The highest BCUT2D eigenvalue weighted by Gasteiger charge is 2.36. The number of aromatic nitrogens is 3. The van der Waals surface area contributed by atoms with Crippen LogP contribution in [0.15, 0.2) is 30.6 Å². The summed E-state index contributed by atoms with van der Waals surface area (Å²) in [7, 11) is 1.71. The van der Waals surface area contributed by atoms with Crippen molar-refractivity contribution in [3.05, 3.63) is 36.4 Å². The van der Waals surface area contributed by atoms with Gasteiger partial charge in [-0.25, -0.2) is 0 Å². The van der Waals surface area contributed by atoms with Crippen molar-refractivity contribution in [3.8, 4) is 5.75 Å². The smallest absolute Gasteiger partial charge is 0.228 e. The molecule has 0 bridgehead atoms. The van der Waals surface area contributed by atoms with Gasteiger partial charge in [0.2, 0.25) is 11.8 Å². The molecule has 0 spiro atoms. The molecule has 0 saturated carbocycles. The number of rotatable bonds is 5. The Morgan fingerprint density at radius 1 is 1.42 bits per heavy atom. The molecule has 8 heteroatoms. The van der Waals surface area contributed by atoms with E-state index in [1.54, 1.807) is 41.4 Å². The molecule has 0 unspecified atom stereocenters. The van der Waals surface area contributed by atoms with E-state index in [4.69, 9.17) is 0 Å². The summed E-state index contributed by atoms with van der Waals surface area (Å²) in [5.41, 5.74) is 0.604. The zero-order valence-electron chi connectivity index (χ0n) is 15.2. The highest BCUT2D eigenvalue weighted by Crippen LogP contribution is 2.28. The van der Waals surface area contributed by atoms with E-state index >= 15 is 0 Å². The number of benzene rings is 1. The minimum absolute atomic E-state index is 0.0928. The van der Waals surface area contributed by atoms with Gasteiger partial charge in [0.1, 0.15) is 12.1 Å². The monoisotopic (exact) mass is 357 g/mol. The summed E-state index contributed by atoms with van der Waals surface area (Å²) in [6, 6.07) is 6.71. The number of anilines is 1. The first-order chi connectivity index (χ1) is 12.4. The molecule has 1 N–H and O–H groups in total. The average molecular weight is 357 g/mol. The minimum Gasteiger partial charge on any atom is -0.508 e. The van der Waals surface area contributed by atoms with Crippen LogP contribution in [-0.4, -0.2) is 50.2 Å². The van der Waals surface area contributed by atoms with Crippen molar-refractivity contribution in [2.24, 2.45) is 5.92 Å². The van der Waals surface area contributed by atoms with E-state index in [9.17, 15) is 14.7 Å². The molecular formula is C18H23N5O3. The Labute approximate surface area is 152 Å². The lowest BCUT2D eigenvalue weighted by Gasteiger charge is -2.22. The highest BCUT2D eigenvalue weighted by atomic mass is 16.3. The van der Waals surface area contributed by atoms with Crippen molar-refractivity contribution in [3.63, 3.8) is 0 Å². The zero-order chi connectivity index (χ0) is 18.8. The van der Waals surface area contributed by atoms with Crippen LogP contribution in [0, 0.1) is 5.92 Å². The Morgan fingerprint density at radius 2 is 2.19 bits per heavy atom. The Balaban J connectivity index is 1.68. The number of hydrogen-bond acceptors (Lipinski definition) is 5. The molecular weight excluding hydrogens is 334 g/mol. The third-order valence-electron chi connectivity index (χ3n) is 4.57. The topological polar surface area (TPSA) is 91.6 Å². The summed E-state index contributed by atoms with van der Waals surface area (Å²) in [5, 5.41) is 17.6. The van der Waals surface area contributed by atoms with Gasteiger partial charge in [-0.1, -0.05) is 6.07 Å². The number of nitrogens with zero attached hydrogens (tertiary/aromatic N) is 5. The fourth-order valence-electron chi connectivity index (χ4n) is 3.20. The summed E-state index contributed by atoms with van der Waals surface area (Å²) in [6.45, 7) is 4.70. The maximum absolute atomic E-state index is 12.8. The van der Waals surface area contributed by atoms with E-state index in [0.29, 0.717) is 24.6 Å². The van der Waals surface area contributed by atoms with Crippen molar-refractivity contribution < 1.29 is 14.7 Å². The van der Waals surface area contributed by atoms with Gasteiger partial charge >= 0.3 is 0 Å². The van der Waals surface area contributed by atoms with Crippen LogP contribution in [0.4, 0.5) is 5.69 Å². The van der Waals surface area contributed by atoms with Gasteiger partial charge in [-0.05, 0) is 26.0 Å². The molecule has 1 aliphatic heterocycles. The molecule has 1 atom stereocenters. The van der Waals surface area contributed by atoms with Gasteiger partial charge in [0.25, 0.3) is 0 Å². The van der Waals surface area contributed by atoms with Gasteiger partial charge in [-0.3, -0.25) is 9.59 Å². The fourth-order valence-corrected chi connectivity index (χ4v) is 3.20. The van der Waals surface area contributed by atoms with Crippen LogP contribution in [0.2, 0.25) is 0 Å². The molecule has 0 radical (unpaired) electrons. The Kier molecular flexibility index (Phi) is 4.92. The molecule has 2 amide bonds. The van der Waals surface area contributed by atoms with Crippen molar-refractivity contribution in [1.82, 2.24) is 19.7 Å². The second kappa shape index (κ2) is 7.15. The fraction of sp³-hybridized carbons (Fsp3) is 0.444. The van der Waals surface area contributed by atoms with Crippen LogP contribution in [0.3, 0.4) is 0 Å². The second-order valence-electron chi connectivity index (χ2n) is 6.87. The first kappa shape index (κ1) is 17.9. The molecule has 2 aromatic rings. The number of hydrogen-bond donors (Lipinski definition) is 1. The SMILES string of the molecule is CC(C)n1cnnc1CN(C)C(=O)[C@H]1CC(=O)N(c2cccc(O)c2)C1. The predicted molar refractivity (Wildman–Crippen MR) is 95.4 cm³/mol. The van der Waals surface area contributed by atoms with E-state index in [1.165, 1.54) is 6.07 Å². The number of amides is 2. The maximum atomic E-state index is 12.8. The minimum atomic E-state index is -0.412. The third kappa shape index (κ3) is 3.54. The van der Waals surface area contributed by atoms with Crippen molar-refractivity contribution in [2.45, 2.75) is 32.9 Å². The molecule has 3 rings (SSSR count). The van der Waals surface area contributed by atoms with Gasteiger partial charge in [0, 0.05) is 37.8 Å². The molecule has 8 nitrogen and oxygen atoms in total. The van der Waals surface area contributed by atoms with E-state index in [-0.39, 0.29) is 30.0 Å². The lowest BCUT2D eigenvalue weighted by molar-refractivity contribution is -0.135. The number of aromatic hydroxyl groups is 1. The zero-order valence-corrected chi connectivity index (χ0v) is 15.2. The van der Waals surface area contributed by atoms with Crippen LogP contribution in [0.1, 0.15) is 32.1 Å². The first-order valence-electron chi connectivity index (χ1n) is 8.59. The molecule has 1 aromatic heterocycles. The summed E-state index contributed by atoms with van der Waals surface area (Å²) in [6.07, 6.45) is 1.82. The molecule has 2 heterocycles. The van der Waals surface area contributed by atoms with Gasteiger partial charge < -0.3 is 19.5 Å². The molecule has 0 aliphatic carbocycles. The number of carbonyl (C=O) groups is 2. The van der Waals surface area contributed by atoms with Crippen molar-refractivity contribution in [2.75, 3.05) is 18.5 Å². The Morgan fingerprint density at radius 3 is 2.88 bits per heavy atom. The summed E-state index contributed by atoms with van der Waals surface area (Å²) in [4.78, 5) is 28.3. The van der Waals surface area contributed by atoms with E-state index in [0.717, 1.165) is 0 Å². The lowest BCUT2D eigenvalue weighted by Crippen LogP contribution is -2.35. The normalized spacial score (nSPS) is 17.2. The predicted octanol–water partition coefficient (Wildman–Crippen LogP) is 1.58. The van der Waals surface area contributed by atoms with Crippen LogP contribution in [0.25, 0.3) is 0 Å². The number of phenols is 1. The largest absolute Gasteiger partial charge is 0.508 e. The van der Waals surface area contributed by atoms with Crippen molar-refractivity contribution in [1.29, 1.82) is 0 Å². The average Bonchev–Trinajstić information content (AvgIpc) is 3.20. The third-order valence-corrected chi connectivity index (χ3v) is 4.57. The Bertz CT molecular complexity index is 817. The second-order valence-corrected chi connectivity index (χ2v) is 6.87. The van der Waals surface area contributed by atoms with Crippen LogP contribution >= 0.6 is 0 Å². The summed E-state index contributed by atoms with van der Waals surface area (Å²) in [5.74, 6) is 0.178. The van der Waals surface area contributed by atoms with Crippen LogP contribution in [-0.2, 0) is 16.1 Å². The van der Waals surface area contributed by atoms with Crippen LogP contribution in [0.5, 0.6) is 5.75 Å². The quantitative estimate of drug-likeness (QED) is 0.877. The highest BCUT2D eigenvalue weighted by molar-refractivity contribution is 6.00. The molecule has 26 heavy (non-hydrogen) atoms. The Hall–Kier alpha value is -2.90. The molecule has 1 aromatic carbocycles. The van der Waals surface area contributed by atoms with E-state index in [1.807, 2.05) is 18.4 Å². The standard InChI is InChI=1S/C18H23N5O3/c1-12(2)23-11-19-20-16(23)10-21(3)18(26)13-7-17(25)22(9-13)14-5-4-6-15(24)8-14/h4-6,8,11-13,24H,7,9-10H2,1-3H3/t13-/m0/s1. The summed E-state index contributed by atoms with van der Waals surface area (Å²) < 4.78 is 1.92. The van der Waals surface area contributed by atoms with Gasteiger partial charge in [0.05, 0.1) is 12.5 Å². The maximum Gasteiger partial charge on any atom is 0.228 e. The number of carbonyl (C=O) groups excluding carboxylic acids is 2. The van der Waals surface area contributed by atoms with Crippen LogP contribution < -0.4 is 4.90 Å². The van der Waals surface area contributed by atoms with Gasteiger partial charge in [0.15, 0.2) is 5.82 Å². The number of phenolic OH excluding ortho intramolecular Hbond substituents is 1.